The number of nitrogens with zero attached hydrogens (tertiary/aromatic N) is 5. The number of nitrogens with two attached hydrogens (primary N) is 1. The van der Waals surface area contributed by atoms with E-state index < -0.39 is 0 Å². The first-order chi connectivity index (χ1) is 11.6. The zero-order valence-electron chi connectivity index (χ0n) is 15.5. The second-order valence-corrected chi connectivity index (χ2v) is 6.39. The van der Waals surface area contributed by atoms with Gasteiger partial charge in [-0.1, -0.05) is 0 Å². The molecule has 1 saturated heterocycles. The Labute approximate surface area is 167 Å². The van der Waals surface area contributed by atoms with Crippen molar-refractivity contribution >= 4 is 29.9 Å². The molecule has 9 heteroatoms. The molecule has 0 spiro atoms. The molecule has 8 nitrogen and oxygen atoms in total. The molecule has 0 saturated carbocycles. The van der Waals surface area contributed by atoms with Gasteiger partial charge in [0.25, 0.3) is 0 Å². The molecule has 1 aliphatic heterocycles. The number of hydrogen-bond acceptors (Lipinski definition) is 5. The summed E-state index contributed by atoms with van der Waals surface area (Å²) in [7, 11) is 6.00. The summed E-state index contributed by atoms with van der Waals surface area (Å²) in [6, 6.07) is 0.174. The second kappa shape index (κ2) is 11.7. The molecule has 0 aromatic carbocycles. The topological polar surface area (TPSA) is 83.9 Å². The molecule has 2 heterocycles. The molecule has 0 radical (unpaired) electrons. The van der Waals surface area contributed by atoms with Crippen LogP contribution in [0.1, 0.15) is 18.0 Å². The van der Waals surface area contributed by atoms with Crippen molar-refractivity contribution in [3.8, 4) is 0 Å². The number of halogens is 1. The van der Waals surface area contributed by atoms with E-state index in [0.29, 0.717) is 12.5 Å². The van der Waals surface area contributed by atoms with Crippen molar-refractivity contribution in [2.24, 2.45) is 17.8 Å². The Morgan fingerprint density at radius 2 is 2.16 bits per heavy atom. The summed E-state index contributed by atoms with van der Waals surface area (Å²) in [5.41, 5.74) is 7.14. The van der Waals surface area contributed by atoms with Gasteiger partial charge in [-0.05, 0) is 27.1 Å². The van der Waals surface area contributed by atoms with Gasteiger partial charge in [0, 0.05) is 38.4 Å². The molecule has 144 valence electrons. The third-order valence-electron chi connectivity index (χ3n) is 4.23. The van der Waals surface area contributed by atoms with E-state index in [1.807, 2.05) is 38.2 Å². The van der Waals surface area contributed by atoms with Crippen molar-refractivity contribution in [1.29, 1.82) is 0 Å². The van der Waals surface area contributed by atoms with E-state index >= 15 is 0 Å². The van der Waals surface area contributed by atoms with E-state index in [1.54, 1.807) is 0 Å². The Morgan fingerprint density at radius 3 is 2.76 bits per heavy atom. The summed E-state index contributed by atoms with van der Waals surface area (Å²) in [6.07, 6.45) is 4.95. The summed E-state index contributed by atoms with van der Waals surface area (Å²) < 4.78 is 7.16. The first-order valence-corrected chi connectivity index (χ1v) is 8.55. The minimum absolute atomic E-state index is 0. The molecule has 25 heavy (non-hydrogen) atoms. The third kappa shape index (κ3) is 7.89. The lowest BCUT2D eigenvalue weighted by Gasteiger charge is -2.26. The second-order valence-electron chi connectivity index (χ2n) is 6.39. The maximum atomic E-state index is 5.99. The standard InChI is InChI=1S/C16H31N7O.HI/c1-21(2)15(14-11-20-22(3)13-14)12-19-16(17)18-5-4-6-23-7-9-24-10-8-23;/h11,13,15H,4-10,12H2,1-3H3,(H3,17,18,19);1H. The number of morpholine rings is 1. The monoisotopic (exact) mass is 465 g/mol. The molecule has 3 N–H and O–H groups in total. The highest BCUT2D eigenvalue weighted by Gasteiger charge is 2.15. The van der Waals surface area contributed by atoms with Gasteiger partial charge >= 0.3 is 0 Å². The normalized spacial score (nSPS) is 17.4. The number of aryl methyl sites for hydroxylation is 1. The Morgan fingerprint density at radius 1 is 1.44 bits per heavy atom. The van der Waals surface area contributed by atoms with Crippen LogP contribution < -0.4 is 11.1 Å². The predicted octanol–water partition coefficient (Wildman–Crippen LogP) is 0.267. The van der Waals surface area contributed by atoms with Crippen LogP contribution >= 0.6 is 24.0 Å². The zero-order chi connectivity index (χ0) is 17.4. The van der Waals surface area contributed by atoms with Crippen LogP contribution in [0, 0.1) is 0 Å². The van der Waals surface area contributed by atoms with E-state index in [0.717, 1.165) is 51.4 Å². The fourth-order valence-corrected chi connectivity index (χ4v) is 2.76. The molecule has 1 aromatic heterocycles. The number of guanidine groups is 1. The van der Waals surface area contributed by atoms with Crippen molar-refractivity contribution in [1.82, 2.24) is 24.9 Å². The summed E-state index contributed by atoms with van der Waals surface area (Å²) >= 11 is 0. The minimum atomic E-state index is 0. The smallest absolute Gasteiger partial charge is 0.188 e. The lowest BCUT2D eigenvalue weighted by Crippen LogP contribution is -2.39. The lowest BCUT2D eigenvalue weighted by atomic mass is 10.1. The van der Waals surface area contributed by atoms with Gasteiger partial charge in [-0.2, -0.15) is 5.10 Å². The Balaban J connectivity index is 0.00000312. The summed E-state index contributed by atoms with van der Waals surface area (Å²) in [6.45, 7) is 6.26. The highest BCUT2D eigenvalue weighted by molar-refractivity contribution is 14.0. The van der Waals surface area contributed by atoms with Crippen LogP contribution in [-0.2, 0) is 11.8 Å². The lowest BCUT2D eigenvalue weighted by molar-refractivity contribution is 0.0376. The van der Waals surface area contributed by atoms with Gasteiger partial charge in [0.05, 0.1) is 32.0 Å². The number of hydrogen-bond donors (Lipinski definition) is 2. The van der Waals surface area contributed by atoms with E-state index in [1.165, 1.54) is 0 Å². The van der Waals surface area contributed by atoms with Crippen LogP contribution in [0.25, 0.3) is 0 Å². The number of aliphatic imine (C=N–C) groups is 1. The quantitative estimate of drug-likeness (QED) is 0.248. The molecule has 0 amide bonds. The van der Waals surface area contributed by atoms with Gasteiger partial charge in [0.15, 0.2) is 5.96 Å². The van der Waals surface area contributed by atoms with Crippen LogP contribution in [0.2, 0.25) is 0 Å². The molecule has 0 bridgehead atoms. The molecule has 2 rings (SSSR count). The number of ether oxygens (including phenoxy) is 1. The van der Waals surface area contributed by atoms with Crippen molar-refractivity contribution in [3.05, 3.63) is 18.0 Å². The number of likely N-dealkylation sites (N-methyl/N-ethyl adjacent to an activating group) is 1. The third-order valence-corrected chi connectivity index (χ3v) is 4.23. The van der Waals surface area contributed by atoms with Crippen LogP contribution in [-0.4, -0.2) is 85.6 Å². The van der Waals surface area contributed by atoms with Gasteiger partial charge in [-0.3, -0.25) is 14.6 Å². The first-order valence-electron chi connectivity index (χ1n) is 8.55. The van der Waals surface area contributed by atoms with Gasteiger partial charge < -0.3 is 20.7 Å². The summed E-state index contributed by atoms with van der Waals surface area (Å²) in [4.78, 5) is 9.04. The van der Waals surface area contributed by atoms with Crippen LogP contribution in [0.5, 0.6) is 0 Å². The van der Waals surface area contributed by atoms with Gasteiger partial charge in [-0.15, -0.1) is 24.0 Å². The first kappa shape index (κ1) is 22.1. The van der Waals surface area contributed by atoms with E-state index in [-0.39, 0.29) is 30.0 Å². The average Bonchev–Trinajstić information content (AvgIpc) is 2.98. The number of rotatable bonds is 8. The zero-order valence-corrected chi connectivity index (χ0v) is 17.8. The van der Waals surface area contributed by atoms with Crippen LogP contribution in [0.3, 0.4) is 0 Å². The number of aromatic nitrogens is 2. The van der Waals surface area contributed by atoms with Gasteiger partial charge in [-0.25, -0.2) is 0 Å². The Bertz CT molecular complexity index is 514. The predicted molar refractivity (Wildman–Crippen MR) is 111 cm³/mol. The van der Waals surface area contributed by atoms with Gasteiger partial charge in [0.2, 0.25) is 0 Å². The molecule has 1 aromatic rings. The van der Waals surface area contributed by atoms with Crippen LogP contribution in [0.4, 0.5) is 0 Å². The molecule has 1 unspecified atom stereocenters. The number of nitrogens with one attached hydrogen (secondary N) is 1. The summed E-state index contributed by atoms with van der Waals surface area (Å²) in [5, 5.41) is 7.44. The van der Waals surface area contributed by atoms with Crippen molar-refractivity contribution in [3.63, 3.8) is 0 Å². The van der Waals surface area contributed by atoms with Crippen molar-refractivity contribution in [2.75, 3.05) is 60.0 Å². The average molecular weight is 465 g/mol. The maximum absolute atomic E-state index is 5.99. The van der Waals surface area contributed by atoms with Crippen molar-refractivity contribution in [2.45, 2.75) is 12.5 Å². The van der Waals surface area contributed by atoms with E-state index in [4.69, 9.17) is 10.5 Å². The molecule has 1 aliphatic rings. The highest BCUT2D eigenvalue weighted by Crippen LogP contribution is 2.17. The van der Waals surface area contributed by atoms with Gasteiger partial charge in [0.1, 0.15) is 0 Å². The minimum Gasteiger partial charge on any atom is -0.379 e. The Kier molecular flexibility index (Phi) is 10.3. The largest absolute Gasteiger partial charge is 0.379 e. The molecular formula is C16H32IN7O. The molecule has 1 atom stereocenters. The highest BCUT2D eigenvalue weighted by atomic mass is 127. The molecule has 1 fully saturated rings. The Hall–Kier alpha value is -0.910. The van der Waals surface area contributed by atoms with E-state index in [9.17, 15) is 0 Å². The maximum Gasteiger partial charge on any atom is 0.188 e. The summed E-state index contributed by atoms with van der Waals surface area (Å²) in [5.74, 6) is 0.507. The van der Waals surface area contributed by atoms with E-state index in [2.05, 4.69) is 25.2 Å². The molecular weight excluding hydrogens is 433 g/mol. The van der Waals surface area contributed by atoms with Crippen molar-refractivity contribution < 1.29 is 4.74 Å². The fourth-order valence-electron chi connectivity index (χ4n) is 2.76. The fraction of sp³-hybridized carbons (Fsp3) is 0.750. The SMILES string of the molecule is CN(C)C(CN=C(N)NCCCN1CCOCC1)c1cnn(C)c1.I. The van der Waals surface area contributed by atoms with Crippen LogP contribution in [0.15, 0.2) is 17.4 Å². The molecule has 0 aliphatic carbocycles.